The highest BCUT2D eigenvalue weighted by Crippen LogP contribution is 2.23. The van der Waals surface area contributed by atoms with Crippen LogP contribution in [0.1, 0.15) is 34.6 Å². The molecule has 0 unspecified atom stereocenters. The summed E-state index contributed by atoms with van der Waals surface area (Å²) >= 11 is 0. The monoisotopic (exact) mass is 244 g/mol. The molecule has 2 N–H and O–H groups in total. The fourth-order valence-corrected chi connectivity index (χ4v) is 1.93. The van der Waals surface area contributed by atoms with Crippen LogP contribution in [0.15, 0.2) is 35.4 Å². The highest BCUT2D eigenvalue weighted by Gasteiger charge is 2.34. The number of fused-ring (bicyclic) bond motifs is 1. The van der Waals surface area contributed by atoms with Gasteiger partial charge in [-0.2, -0.15) is 0 Å². The molecule has 2 rings (SSSR count). The van der Waals surface area contributed by atoms with Crippen molar-refractivity contribution >= 4 is 11.8 Å². The van der Waals surface area contributed by atoms with Gasteiger partial charge in [0.1, 0.15) is 0 Å². The molecule has 0 aliphatic carbocycles. The summed E-state index contributed by atoms with van der Waals surface area (Å²) in [7, 11) is 0. The highest BCUT2D eigenvalue weighted by molar-refractivity contribution is 6.21. The van der Waals surface area contributed by atoms with E-state index in [-0.39, 0.29) is 11.8 Å². The SMILES string of the molecule is CC(CN)=C(C)CN1C(=O)c2ccccc2C1=O. The van der Waals surface area contributed by atoms with Gasteiger partial charge in [0, 0.05) is 6.54 Å². The Bertz CT molecular complexity index is 511. The molecule has 0 atom stereocenters. The molecule has 1 heterocycles. The molecule has 2 amide bonds. The summed E-state index contributed by atoms with van der Waals surface area (Å²) in [6.07, 6.45) is 0. The van der Waals surface area contributed by atoms with Crippen molar-refractivity contribution in [1.29, 1.82) is 0 Å². The van der Waals surface area contributed by atoms with E-state index in [9.17, 15) is 9.59 Å². The summed E-state index contributed by atoms with van der Waals surface area (Å²) in [6, 6.07) is 6.90. The van der Waals surface area contributed by atoms with E-state index in [0.717, 1.165) is 11.1 Å². The number of imide groups is 1. The number of nitrogens with two attached hydrogens (primary N) is 1. The Morgan fingerprint density at radius 2 is 1.56 bits per heavy atom. The zero-order valence-electron chi connectivity index (χ0n) is 10.6. The molecule has 0 aromatic heterocycles. The quantitative estimate of drug-likeness (QED) is 0.648. The number of hydrogen-bond acceptors (Lipinski definition) is 3. The van der Waals surface area contributed by atoms with Crippen molar-refractivity contribution < 1.29 is 9.59 Å². The molecule has 0 radical (unpaired) electrons. The lowest BCUT2D eigenvalue weighted by molar-refractivity contribution is 0.0667. The third-order valence-electron chi connectivity index (χ3n) is 3.31. The van der Waals surface area contributed by atoms with Gasteiger partial charge < -0.3 is 5.73 Å². The van der Waals surface area contributed by atoms with E-state index in [1.54, 1.807) is 24.3 Å². The van der Waals surface area contributed by atoms with Gasteiger partial charge in [0.2, 0.25) is 0 Å². The van der Waals surface area contributed by atoms with Gasteiger partial charge in [-0.25, -0.2) is 0 Å². The molecule has 1 aliphatic heterocycles. The molecular formula is C14H16N2O2. The molecule has 1 aromatic rings. The number of rotatable bonds is 3. The second kappa shape index (κ2) is 4.74. The van der Waals surface area contributed by atoms with Gasteiger partial charge in [-0.15, -0.1) is 0 Å². The molecule has 0 fully saturated rings. The Kier molecular flexibility index (Phi) is 3.30. The summed E-state index contributed by atoms with van der Waals surface area (Å²) in [6.45, 7) is 4.56. The second-order valence-corrected chi connectivity index (χ2v) is 4.51. The van der Waals surface area contributed by atoms with Gasteiger partial charge in [0.25, 0.3) is 11.8 Å². The Labute approximate surface area is 106 Å². The summed E-state index contributed by atoms with van der Waals surface area (Å²) < 4.78 is 0. The average molecular weight is 244 g/mol. The largest absolute Gasteiger partial charge is 0.327 e. The van der Waals surface area contributed by atoms with Crippen LogP contribution in [0.3, 0.4) is 0 Å². The van der Waals surface area contributed by atoms with Crippen LogP contribution in [-0.2, 0) is 0 Å². The molecule has 0 bridgehead atoms. The first-order valence-corrected chi connectivity index (χ1v) is 5.86. The van der Waals surface area contributed by atoms with Crippen molar-refractivity contribution in [2.75, 3.05) is 13.1 Å². The summed E-state index contributed by atoms with van der Waals surface area (Å²) in [5.41, 5.74) is 8.50. The third kappa shape index (κ3) is 1.95. The Morgan fingerprint density at radius 1 is 1.06 bits per heavy atom. The van der Waals surface area contributed by atoms with Gasteiger partial charge in [-0.05, 0) is 26.0 Å². The van der Waals surface area contributed by atoms with E-state index in [1.165, 1.54) is 4.90 Å². The van der Waals surface area contributed by atoms with Gasteiger partial charge >= 0.3 is 0 Å². The minimum Gasteiger partial charge on any atom is -0.327 e. The zero-order valence-corrected chi connectivity index (χ0v) is 10.6. The lowest BCUT2D eigenvalue weighted by Crippen LogP contribution is -2.31. The van der Waals surface area contributed by atoms with E-state index in [0.29, 0.717) is 24.2 Å². The van der Waals surface area contributed by atoms with E-state index in [2.05, 4.69) is 0 Å². The number of nitrogens with zero attached hydrogens (tertiary/aromatic N) is 1. The maximum atomic E-state index is 12.1. The smallest absolute Gasteiger partial charge is 0.261 e. The number of carbonyl (C=O) groups is 2. The third-order valence-corrected chi connectivity index (χ3v) is 3.31. The molecule has 4 heteroatoms. The maximum Gasteiger partial charge on any atom is 0.261 e. The normalized spacial score (nSPS) is 15.8. The Balaban J connectivity index is 2.30. The van der Waals surface area contributed by atoms with Crippen molar-refractivity contribution in [3.8, 4) is 0 Å². The van der Waals surface area contributed by atoms with Crippen LogP contribution < -0.4 is 5.73 Å². The van der Waals surface area contributed by atoms with Gasteiger partial charge in [-0.3, -0.25) is 14.5 Å². The van der Waals surface area contributed by atoms with Crippen LogP contribution in [0.5, 0.6) is 0 Å². The average Bonchev–Trinajstić information content (AvgIpc) is 2.63. The molecule has 0 spiro atoms. The van der Waals surface area contributed by atoms with Crippen LogP contribution in [0.25, 0.3) is 0 Å². The summed E-state index contributed by atoms with van der Waals surface area (Å²) in [4.78, 5) is 25.5. The molecule has 18 heavy (non-hydrogen) atoms. The predicted molar refractivity (Wildman–Crippen MR) is 69.2 cm³/mol. The molecule has 0 saturated carbocycles. The van der Waals surface area contributed by atoms with Crippen LogP contribution in [0, 0.1) is 0 Å². The second-order valence-electron chi connectivity index (χ2n) is 4.51. The topological polar surface area (TPSA) is 63.4 Å². The zero-order chi connectivity index (χ0) is 13.3. The summed E-state index contributed by atoms with van der Waals surface area (Å²) in [5.74, 6) is -0.445. The number of amides is 2. The van der Waals surface area contributed by atoms with Crippen LogP contribution >= 0.6 is 0 Å². The summed E-state index contributed by atoms with van der Waals surface area (Å²) in [5, 5.41) is 0. The van der Waals surface area contributed by atoms with Crippen LogP contribution in [0.2, 0.25) is 0 Å². The van der Waals surface area contributed by atoms with Gasteiger partial charge in [0.15, 0.2) is 0 Å². The van der Waals surface area contributed by atoms with Crippen LogP contribution in [0.4, 0.5) is 0 Å². The standard InChI is InChI=1S/C14H16N2O2/c1-9(7-15)10(2)8-16-13(17)11-5-3-4-6-12(11)14(16)18/h3-6H,7-8,15H2,1-2H3. The van der Waals surface area contributed by atoms with Crippen molar-refractivity contribution in [1.82, 2.24) is 4.90 Å². The van der Waals surface area contributed by atoms with Crippen molar-refractivity contribution in [2.45, 2.75) is 13.8 Å². The van der Waals surface area contributed by atoms with Crippen LogP contribution in [-0.4, -0.2) is 29.8 Å². The fourth-order valence-electron chi connectivity index (χ4n) is 1.93. The minimum absolute atomic E-state index is 0.222. The number of carbonyl (C=O) groups excluding carboxylic acids is 2. The van der Waals surface area contributed by atoms with E-state index in [4.69, 9.17) is 5.73 Å². The molecule has 1 aromatic carbocycles. The predicted octanol–water partition coefficient (Wildman–Crippen LogP) is 1.58. The number of hydrogen-bond donors (Lipinski definition) is 1. The van der Waals surface area contributed by atoms with Gasteiger partial charge in [-0.1, -0.05) is 23.3 Å². The van der Waals surface area contributed by atoms with E-state index in [1.807, 2.05) is 13.8 Å². The van der Waals surface area contributed by atoms with Crippen molar-refractivity contribution in [3.05, 3.63) is 46.5 Å². The van der Waals surface area contributed by atoms with E-state index >= 15 is 0 Å². The van der Waals surface area contributed by atoms with Gasteiger partial charge in [0.05, 0.1) is 17.7 Å². The first kappa shape index (κ1) is 12.5. The maximum absolute atomic E-state index is 12.1. The molecular weight excluding hydrogens is 228 g/mol. The lowest BCUT2D eigenvalue weighted by atomic mass is 10.1. The molecule has 0 saturated heterocycles. The van der Waals surface area contributed by atoms with Crippen molar-refractivity contribution in [3.63, 3.8) is 0 Å². The highest BCUT2D eigenvalue weighted by atomic mass is 16.2. The first-order valence-electron chi connectivity index (χ1n) is 5.86. The molecule has 1 aliphatic rings. The molecule has 94 valence electrons. The molecule has 4 nitrogen and oxygen atoms in total. The van der Waals surface area contributed by atoms with E-state index < -0.39 is 0 Å². The lowest BCUT2D eigenvalue weighted by Gasteiger charge is -2.15. The Morgan fingerprint density at radius 3 is 2.00 bits per heavy atom. The Hall–Kier alpha value is -1.94. The minimum atomic E-state index is -0.222. The first-order chi connectivity index (χ1) is 8.56. The fraction of sp³-hybridized carbons (Fsp3) is 0.286. The number of benzene rings is 1. The van der Waals surface area contributed by atoms with Crippen molar-refractivity contribution in [2.24, 2.45) is 5.73 Å².